The highest BCUT2D eigenvalue weighted by Gasteiger charge is 2.30. The molecule has 5 nitrogen and oxygen atoms in total. The molecule has 0 saturated heterocycles. The third kappa shape index (κ3) is 2.37. The molecule has 1 aromatic heterocycles. The first kappa shape index (κ1) is 16.1. The van der Waals surface area contributed by atoms with E-state index in [0.717, 1.165) is 22.0 Å². The number of para-hydroxylation sites is 1. The van der Waals surface area contributed by atoms with Gasteiger partial charge in [-0.05, 0) is 47.7 Å². The van der Waals surface area contributed by atoms with Gasteiger partial charge in [0.25, 0.3) is 15.6 Å². The lowest BCUT2D eigenvalue weighted by Crippen LogP contribution is -2.29. The van der Waals surface area contributed by atoms with Gasteiger partial charge in [-0.1, -0.05) is 36.4 Å². The SMILES string of the molecule is O=c1[nH]c2ccc(S(=O)(=O)N3CCc4ccccc43)cc2c2ccccc12. The van der Waals surface area contributed by atoms with Gasteiger partial charge in [-0.25, -0.2) is 8.42 Å². The minimum absolute atomic E-state index is 0.179. The van der Waals surface area contributed by atoms with Gasteiger partial charge in [-0.15, -0.1) is 0 Å². The zero-order chi connectivity index (χ0) is 18.6. The molecule has 27 heavy (non-hydrogen) atoms. The topological polar surface area (TPSA) is 70.2 Å². The number of hydrogen-bond donors (Lipinski definition) is 1. The van der Waals surface area contributed by atoms with E-state index in [4.69, 9.17) is 0 Å². The molecule has 0 unspecified atom stereocenters. The van der Waals surface area contributed by atoms with Gasteiger partial charge in [0, 0.05) is 22.8 Å². The average molecular weight is 376 g/mol. The number of sulfonamides is 1. The molecule has 5 rings (SSSR count). The zero-order valence-corrected chi connectivity index (χ0v) is 15.2. The van der Waals surface area contributed by atoms with Crippen molar-refractivity contribution in [1.29, 1.82) is 0 Å². The zero-order valence-electron chi connectivity index (χ0n) is 14.3. The lowest BCUT2D eigenvalue weighted by Gasteiger charge is -2.20. The first-order valence-electron chi connectivity index (χ1n) is 8.71. The maximum atomic E-state index is 13.3. The molecule has 0 atom stereocenters. The van der Waals surface area contributed by atoms with E-state index >= 15 is 0 Å². The highest BCUT2D eigenvalue weighted by molar-refractivity contribution is 7.92. The minimum atomic E-state index is -3.68. The highest BCUT2D eigenvalue weighted by atomic mass is 32.2. The van der Waals surface area contributed by atoms with Gasteiger partial charge in [0.15, 0.2) is 0 Å². The summed E-state index contributed by atoms with van der Waals surface area (Å²) in [6, 6.07) is 19.7. The first-order valence-corrected chi connectivity index (χ1v) is 10.2. The summed E-state index contributed by atoms with van der Waals surface area (Å²) in [6.07, 6.45) is 0.708. The number of pyridine rings is 1. The molecule has 4 aromatic rings. The van der Waals surface area contributed by atoms with E-state index in [1.807, 2.05) is 36.4 Å². The Balaban J connectivity index is 1.73. The van der Waals surface area contributed by atoms with Gasteiger partial charge in [0.05, 0.1) is 10.6 Å². The fraction of sp³-hybridized carbons (Fsp3) is 0.0952. The molecule has 0 fully saturated rings. The van der Waals surface area contributed by atoms with Crippen LogP contribution in [-0.2, 0) is 16.4 Å². The van der Waals surface area contributed by atoms with Crippen LogP contribution in [-0.4, -0.2) is 19.9 Å². The molecule has 0 saturated carbocycles. The number of hydrogen-bond acceptors (Lipinski definition) is 3. The molecule has 1 aliphatic heterocycles. The van der Waals surface area contributed by atoms with Gasteiger partial charge >= 0.3 is 0 Å². The summed E-state index contributed by atoms with van der Waals surface area (Å²) in [5.74, 6) is 0. The Bertz CT molecular complexity index is 1370. The van der Waals surface area contributed by atoms with Crippen LogP contribution in [0.25, 0.3) is 21.7 Å². The van der Waals surface area contributed by atoms with Crippen LogP contribution < -0.4 is 9.86 Å². The van der Waals surface area contributed by atoms with E-state index in [1.165, 1.54) is 4.31 Å². The third-order valence-corrected chi connectivity index (χ3v) is 6.94. The molecule has 1 N–H and O–H groups in total. The predicted molar refractivity (Wildman–Crippen MR) is 107 cm³/mol. The van der Waals surface area contributed by atoms with Crippen molar-refractivity contribution in [3.63, 3.8) is 0 Å². The fourth-order valence-corrected chi connectivity index (χ4v) is 5.34. The first-order chi connectivity index (χ1) is 13.1. The van der Waals surface area contributed by atoms with Crippen LogP contribution in [0.2, 0.25) is 0 Å². The number of rotatable bonds is 2. The molecule has 0 bridgehead atoms. The van der Waals surface area contributed by atoms with E-state index < -0.39 is 10.0 Å². The fourth-order valence-electron chi connectivity index (χ4n) is 3.81. The van der Waals surface area contributed by atoms with E-state index in [1.54, 1.807) is 30.3 Å². The molecule has 3 aromatic carbocycles. The summed E-state index contributed by atoms with van der Waals surface area (Å²) in [5.41, 5.74) is 2.22. The molecule has 0 spiro atoms. The number of anilines is 1. The quantitative estimate of drug-likeness (QED) is 0.545. The summed E-state index contributed by atoms with van der Waals surface area (Å²) in [6.45, 7) is 0.437. The van der Waals surface area contributed by atoms with Crippen LogP contribution in [0.5, 0.6) is 0 Å². The van der Waals surface area contributed by atoms with Crippen LogP contribution >= 0.6 is 0 Å². The van der Waals surface area contributed by atoms with Gasteiger partial charge in [-0.3, -0.25) is 9.10 Å². The lowest BCUT2D eigenvalue weighted by atomic mass is 10.1. The molecule has 0 radical (unpaired) electrons. The number of nitrogens with one attached hydrogen (secondary N) is 1. The molecule has 2 heterocycles. The number of nitrogens with zero attached hydrogens (tertiary/aromatic N) is 1. The Morgan fingerprint density at radius 2 is 1.59 bits per heavy atom. The van der Waals surface area contributed by atoms with Gasteiger partial charge in [0.1, 0.15) is 0 Å². The van der Waals surface area contributed by atoms with Crippen LogP contribution in [0.4, 0.5) is 5.69 Å². The van der Waals surface area contributed by atoms with E-state index in [0.29, 0.717) is 23.9 Å². The van der Waals surface area contributed by atoms with Crippen molar-refractivity contribution in [1.82, 2.24) is 4.98 Å². The molecule has 6 heteroatoms. The summed E-state index contributed by atoms with van der Waals surface area (Å²) in [5, 5.41) is 2.01. The molecule has 0 aliphatic carbocycles. The van der Waals surface area contributed by atoms with Crippen LogP contribution in [0.15, 0.2) is 76.4 Å². The molecule has 0 amide bonds. The molecule has 134 valence electrons. The van der Waals surface area contributed by atoms with Gasteiger partial charge in [-0.2, -0.15) is 0 Å². The number of fused-ring (bicyclic) bond motifs is 4. The van der Waals surface area contributed by atoms with Crippen molar-refractivity contribution >= 4 is 37.4 Å². The monoisotopic (exact) mass is 376 g/mol. The smallest absolute Gasteiger partial charge is 0.264 e. The van der Waals surface area contributed by atoms with Crippen LogP contribution in [0.3, 0.4) is 0 Å². The number of benzene rings is 3. The third-order valence-electron chi connectivity index (χ3n) is 5.13. The Morgan fingerprint density at radius 3 is 2.44 bits per heavy atom. The second-order valence-electron chi connectivity index (χ2n) is 6.66. The Hall–Kier alpha value is -3.12. The highest BCUT2D eigenvalue weighted by Crippen LogP contribution is 2.33. The minimum Gasteiger partial charge on any atom is -0.321 e. The van der Waals surface area contributed by atoms with Crippen molar-refractivity contribution in [2.24, 2.45) is 0 Å². The molecule has 1 aliphatic rings. The van der Waals surface area contributed by atoms with E-state index in [9.17, 15) is 13.2 Å². The van der Waals surface area contributed by atoms with Crippen molar-refractivity contribution in [2.45, 2.75) is 11.3 Å². The summed E-state index contributed by atoms with van der Waals surface area (Å²) < 4.78 is 28.1. The standard InChI is InChI=1S/C21H16N2O3S/c24-21-17-7-3-2-6-16(17)18-13-15(9-10-19(18)22-21)27(25,26)23-12-11-14-5-1-4-8-20(14)23/h1-10,13H,11-12H2,(H,22,24). The molecular formula is C21H16N2O3S. The number of H-pyrrole nitrogens is 1. The van der Waals surface area contributed by atoms with Crippen LogP contribution in [0, 0.1) is 0 Å². The summed E-state index contributed by atoms with van der Waals surface area (Å²) in [4.78, 5) is 15.3. The van der Waals surface area contributed by atoms with Crippen LogP contribution in [0.1, 0.15) is 5.56 Å². The van der Waals surface area contributed by atoms with E-state index in [2.05, 4.69) is 4.98 Å². The second-order valence-corrected chi connectivity index (χ2v) is 8.53. The van der Waals surface area contributed by atoms with Crippen molar-refractivity contribution in [3.05, 3.63) is 82.6 Å². The lowest BCUT2D eigenvalue weighted by molar-refractivity contribution is 0.592. The number of aromatic nitrogens is 1. The van der Waals surface area contributed by atoms with Crippen molar-refractivity contribution < 1.29 is 8.42 Å². The van der Waals surface area contributed by atoms with Crippen molar-refractivity contribution in [2.75, 3.05) is 10.8 Å². The Morgan fingerprint density at radius 1 is 0.852 bits per heavy atom. The average Bonchev–Trinajstić information content (AvgIpc) is 3.13. The summed E-state index contributed by atoms with van der Waals surface area (Å²) >= 11 is 0. The number of aromatic amines is 1. The Labute approximate surface area is 155 Å². The van der Waals surface area contributed by atoms with Gasteiger partial charge < -0.3 is 4.98 Å². The molecular weight excluding hydrogens is 360 g/mol. The maximum Gasteiger partial charge on any atom is 0.264 e. The normalized spacial score (nSPS) is 14.0. The largest absolute Gasteiger partial charge is 0.321 e. The predicted octanol–water partition coefficient (Wildman–Crippen LogP) is 3.43. The van der Waals surface area contributed by atoms with Crippen molar-refractivity contribution in [3.8, 4) is 0 Å². The maximum absolute atomic E-state index is 13.3. The second kappa shape index (κ2) is 5.69. The van der Waals surface area contributed by atoms with Gasteiger partial charge in [0.2, 0.25) is 0 Å². The Kier molecular flexibility index (Phi) is 3.39. The van der Waals surface area contributed by atoms with E-state index in [-0.39, 0.29) is 10.5 Å². The summed E-state index contributed by atoms with van der Waals surface area (Å²) in [7, 11) is -3.68.